The van der Waals surface area contributed by atoms with Gasteiger partial charge in [-0.05, 0) is 24.1 Å². The summed E-state index contributed by atoms with van der Waals surface area (Å²) in [6.45, 7) is 3.07. The average Bonchev–Trinajstić information content (AvgIpc) is 2.44. The number of hydrogen-bond donors (Lipinski definition) is 2. The van der Waals surface area contributed by atoms with Crippen molar-refractivity contribution >= 4 is 22.0 Å². The molecule has 0 bridgehead atoms. The van der Waals surface area contributed by atoms with Crippen LogP contribution >= 0.6 is 15.9 Å². The second-order valence-electron chi connectivity index (χ2n) is 4.62. The SMILES string of the molecule is Cc1cccc(CNC(=O)NCc2ccccc2Br)c1. The molecule has 0 unspecified atom stereocenters. The molecule has 0 spiro atoms. The predicted molar refractivity (Wildman–Crippen MR) is 84.4 cm³/mol. The highest BCUT2D eigenvalue weighted by Crippen LogP contribution is 2.15. The molecule has 0 radical (unpaired) electrons. The van der Waals surface area contributed by atoms with Gasteiger partial charge in [-0.1, -0.05) is 64.0 Å². The van der Waals surface area contributed by atoms with Crippen LogP contribution in [0.3, 0.4) is 0 Å². The maximum atomic E-state index is 11.7. The maximum absolute atomic E-state index is 11.7. The van der Waals surface area contributed by atoms with Gasteiger partial charge in [-0.3, -0.25) is 0 Å². The van der Waals surface area contributed by atoms with Crippen molar-refractivity contribution in [1.29, 1.82) is 0 Å². The maximum Gasteiger partial charge on any atom is 0.315 e. The number of halogens is 1. The molecule has 0 fully saturated rings. The minimum absolute atomic E-state index is 0.165. The summed E-state index contributed by atoms with van der Waals surface area (Å²) in [5.41, 5.74) is 3.34. The molecule has 0 heterocycles. The fraction of sp³-hybridized carbons (Fsp3) is 0.188. The van der Waals surface area contributed by atoms with Gasteiger partial charge in [-0.15, -0.1) is 0 Å². The highest BCUT2D eigenvalue weighted by atomic mass is 79.9. The first-order valence-corrected chi connectivity index (χ1v) is 7.25. The number of nitrogens with one attached hydrogen (secondary N) is 2. The van der Waals surface area contributed by atoms with Gasteiger partial charge in [-0.2, -0.15) is 0 Å². The van der Waals surface area contributed by atoms with Gasteiger partial charge in [0.1, 0.15) is 0 Å². The number of aryl methyl sites for hydroxylation is 1. The molecule has 0 saturated carbocycles. The van der Waals surface area contributed by atoms with E-state index >= 15 is 0 Å². The van der Waals surface area contributed by atoms with E-state index in [1.807, 2.05) is 49.4 Å². The molecule has 0 atom stereocenters. The van der Waals surface area contributed by atoms with Crippen molar-refractivity contribution in [2.45, 2.75) is 20.0 Å². The second-order valence-corrected chi connectivity index (χ2v) is 5.47. The van der Waals surface area contributed by atoms with E-state index in [0.717, 1.165) is 15.6 Å². The minimum Gasteiger partial charge on any atom is -0.334 e. The third kappa shape index (κ3) is 4.38. The number of carbonyl (C=O) groups is 1. The lowest BCUT2D eigenvalue weighted by Crippen LogP contribution is -2.34. The Hall–Kier alpha value is -1.81. The molecule has 2 N–H and O–H groups in total. The molecule has 0 aliphatic rings. The van der Waals surface area contributed by atoms with E-state index in [1.165, 1.54) is 5.56 Å². The minimum atomic E-state index is -0.165. The van der Waals surface area contributed by atoms with E-state index in [0.29, 0.717) is 13.1 Å². The Kier molecular flexibility index (Phi) is 5.18. The molecule has 2 rings (SSSR count). The molecule has 0 saturated heterocycles. The molecular formula is C16H17BrN2O. The monoisotopic (exact) mass is 332 g/mol. The van der Waals surface area contributed by atoms with Gasteiger partial charge in [0.2, 0.25) is 0 Å². The van der Waals surface area contributed by atoms with Gasteiger partial charge < -0.3 is 10.6 Å². The molecule has 4 heteroatoms. The van der Waals surface area contributed by atoms with Crippen LogP contribution in [0.2, 0.25) is 0 Å². The molecule has 0 aromatic heterocycles. The largest absolute Gasteiger partial charge is 0.334 e. The van der Waals surface area contributed by atoms with Gasteiger partial charge in [0.15, 0.2) is 0 Å². The van der Waals surface area contributed by atoms with Gasteiger partial charge in [0, 0.05) is 17.6 Å². The molecule has 20 heavy (non-hydrogen) atoms. The molecular weight excluding hydrogens is 316 g/mol. The lowest BCUT2D eigenvalue weighted by Gasteiger charge is -2.09. The first-order valence-electron chi connectivity index (χ1n) is 6.46. The first kappa shape index (κ1) is 14.6. The lowest BCUT2D eigenvalue weighted by molar-refractivity contribution is 0.240. The van der Waals surface area contributed by atoms with Crippen LogP contribution in [-0.2, 0) is 13.1 Å². The smallest absolute Gasteiger partial charge is 0.315 e. The fourth-order valence-electron chi connectivity index (χ4n) is 1.88. The Labute approximate surface area is 127 Å². The predicted octanol–water partition coefficient (Wildman–Crippen LogP) is 3.76. The van der Waals surface area contributed by atoms with Gasteiger partial charge in [0.25, 0.3) is 0 Å². The summed E-state index contributed by atoms with van der Waals surface area (Å²) in [6, 6.07) is 15.8. The average molecular weight is 333 g/mol. The zero-order valence-electron chi connectivity index (χ0n) is 11.3. The summed E-state index contributed by atoms with van der Waals surface area (Å²) >= 11 is 3.46. The lowest BCUT2D eigenvalue weighted by atomic mass is 10.1. The van der Waals surface area contributed by atoms with Crippen LogP contribution in [0.5, 0.6) is 0 Å². The molecule has 3 nitrogen and oxygen atoms in total. The van der Waals surface area contributed by atoms with Gasteiger partial charge in [0.05, 0.1) is 0 Å². The highest BCUT2D eigenvalue weighted by Gasteiger charge is 2.03. The molecule has 2 aromatic carbocycles. The van der Waals surface area contributed by atoms with Crippen molar-refractivity contribution in [3.05, 3.63) is 69.7 Å². The van der Waals surface area contributed by atoms with Crippen molar-refractivity contribution in [3.8, 4) is 0 Å². The van der Waals surface area contributed by atoms with Crippen LogP contribution in [0.4, 0.5) is 4.79 Å². The number of urea groups is 1. The number of benzene rings is 2. The second kappa shape index (κ2) is 7.10. The standard InChI is InChI=1S/C16H17BrN2O/c1-12-5-4-6-13(9-12)10-18-16(20)19-11-14-7-2-3-8-15(14)17/h2-9H,10-11H2,1H3,(H2,18,19,20). The summed E-state index contributed by atoms with van der Waals surface area (Å²) in [7, 11) is 0. The third-order valence-electron chi connectivity index (χ3n) is 2.93. The zero-order valence-corrected chi connectivity index (χ0v) is 12.9. The fourth-order valence-corrected chi connectivity index (χ4v) is 2.31. The van der Waals surface area contributed by atoms with Crippen molar-refractivity contribution in [2.24, 2.45) is 0 Å². The molecule has 0 aliphatic heterocycles. The van der Waals surface area contributed by atoms with E-state index < -0.39 is 0 Å². The Morgan fingerprint density at radius 1 is 1.05 bits per heavy atom. The molecule has 104 valence electrons. The van der Waals surface area contributed by atoms with Crippen LogP contribution in [0.1, 0.15) is 16.7 Å². The van der Waals surface area contributed by atoms with E-state index in [1.54, 1.807) is 0 Å². The number of hydrogen-bond acceptors (Lipinski definition) is 1. The van der Waals surface area contributed by atoms with Crippen LogP contribution in [-0.4, -0.2) is 6.03 Å². The Balaban J connectivity index is 1.80. The van der Waals surface area contributed by atoms with Gasteiger partial charge >= 0.3 is 6.03 Å². The third-order valence-corrected chi connectivity index (χ3v) is 3.71. The zero-order chi connectivity index (χ0) is 14.4. The summed E-state index contributed by atoms with van der Waals surface area (Å²) in [6.07, 6.45) is 0. The van der Waals surface area contributed by atoms with Crippen molar-refractivity contribution in [3.63, 3.8) is 0 Å². The quantitative estimate of drug-likeness (QED) is 0.879. The normalized spacial score (nSPS) is 10.1. The van der Waals surface area contributed by atoms with Crippen LogP contribution < -0.4 is 10.6 Å². The van der Waals surface area contributed by atoms with Crippen LogP contribution in [0.25, 0.3) is 0 Å². The van der Waals surface area contributed by atoms with Crippen molar-refractivity contribution in [2.75, 3.05) is 0 Å². The molecule has 2 amide bonds. The topological polar surface area (TPSA) is 41.1 Å². The van der Waals surface area contributed by atoms with Crippen LogP contribution in [0, 0.1) is 6.92 Å². The van der Waals surface area contributed by atoms with E-state index in [-0.39, 0.29) is 6.03 Å². The van der Waals surface area contributed by atoms with Crippen molar-refractivity contribution in [1.82, 2.24) is 10.6 Å². The van der Waals surface area contributed by atoms with E-state index in [2.05, 4.69) is 32.6 Å². The molecule has 0 aliphatic carbocycles. The number of carbonyl (C=O) groups excluding carboxylic acids is 1. The van der Waals surface area contributed by atoms with Gasteiger partial charge in [-0.25, -0.2) is 4.79 Å². The summed E-state index contributed by atoms with van der Waals surface area (Å²) in [5, 5.41) is 5.70. The Morgan fingerprint density at radius 2 is 1.80 bits per heavy atom. The number of amides is 2. The summed E-state index contributed by atoms with van der Waals surface area (Å²) in [4.78, 5) is 11.7. The van der Waals surface area contributed by atoms with Crippen molar-refractivity contribution < 1.29 is 4.79 Å². The number of rotatable bonds is 4. The van der Waals surface area contributed by atoms with E-state index in [4.69, 9.17) is 0 Å². The first-order chi connectivity index (χ1) is 9.65. The Morgan fingerprint density at radius 3 is 2.55 bits per heavy atom. The summed E-state index contributed by atoms with van der Waals surface area (Å²) in [5.74, 6) is 0. The highest BCUT2D eigenvalue weighted by molar-refractivity contribution is 9.10. The molecule has 2 aromatic rings. The van der Waals surface area contributed by atoms with E-state index in [9.17, 15) is 4.79 Å². The van der Waals surface area contributed by atoms with Crippen LogP contribution in [0.15, 0.2) is 53.0 Å². The summed E-state index contributed by atoms with van der Waals surface area (Å²) < 4.78 is 0.999. The Bertz CT molecular complexity index is 599.